The van der Waals surface area contributed by atoms with Gasteiger partial charge in [0.05, 0.1) is 0 Å². The fourth-order valence-corrected chi connectivity index (χ4v) is 4.92. The van der Waals surface area contributed by atoms with Gasteiger partial charge >= 0.3 is 6.09 Å². The highest BCUT2D eigenvalue weighted by molar-refractivity contribution is 5.93. The normalized spacial score (nSPS) is 13.1. The molecule has 3 N–H and O–H groups in total. The molecule has 0 radical (unpaired) electrons. The average Bonchev–Trinajstić information content (AvgIpc) is 2.90. The van der Waals surface area contributed by atoms with Gasteiger partial charge in [-0.2, -0.15) is 0 Å². The summed E-state index contributed by atoms with van der Waals surface area (Å²) >= 11 is 0. The summed E-state index contributed by atoms with van der Waals surface area (Å²) in [5.41, 5.74) is 0.459. The van der Waals surface area contributed by atoms with Crippen molar-refractivity contribution in [2.24, 2.45) is 0 Å². The molecule has 2 aromatic carbocycles. The molecule has 0 spiro atoms. The molecule has 0 heterocycles. The molecule has 0 bridgehead atoms. The van der Waals surface area contributed by atoms with Gasteiger partial charge in [0, 0.05) is 24.1 Å². The summed E-state index contributed by atoms with van der Waals surface area (Å²) in [6, 6.07) is 12.5. The van der Waals surface area contributed by atoms with Gasteiger partial charge in [-0.05, 0) is 66.0 Å². The number of carbonyl (C=O) groups is 3. The summed E-state index contributed by atoms with van der Waals surface area (Å²) in [6.45, 7) is 15.1. The monoisotopic (exact) mass is 595 g/mol. The summed E-state index contributed by atoms with van der Waals surface area (Å²) in [5.74, 6) is -0.848. The van der Waals surface area contributed by atoms with Crippen molar-refractivity contribution in [3.05, 3.63) is 65.2 Å². The van der Waals surface area contributed by atoms with Crippen molar-refractivity contribution in [1.82, 2.24) is 15.5 Å². The Morgan fingerprint density at radius 1 is 0.884 bits per heavy atom. The Hall–Kier alpha value is -3.55. The van der Waals surface area contributed by atoms with Gasteiger partial charge in [-0.3, -0.25) is 9.59 Å². The van der Waals surface area contributed by atoms with E-state index in [2.05, 4.69) is 17.6 Å². The molecule has 0 aliphatic carbocycles. The van der Waals surface area contributed by atoms with Crippen molar-refractivity contribution in [3.8, 4) is 5.75 Å². The van der Waals surface area contributed by atoms with Crippen LogP contribution in [0.3, 0.4) is 0 Å². The number of phenols is 1. The highest BCUT2D eigenvalue weighted by Gasteiger charge is 2.38. The summed E-state index contributed by atoms with van der Waals surface area (Å²) in [6.07, 6.45) is 5.46. The van der Waals surface area contributed by atoms with E-state index in [9.17, 15) is 19.5 Å². The lowest BCUT2D eigenvalue weighted by Crippen LogP contribution is -2.55. The topological polar surface area (TPSA) is 108 Å². The van der Waals surface area contributed by atoms with E-state index in [1.807, 2.05) is 51.1 Å². The Labute approximate surface area is 258 Å². The number of unbranched alkanes of at least 4 members (excludes halogenated alkanes) is 5. The molecule has 8 heteroatoms. The molecule has 43 heavy (non-hydrogen) atoms. The molecule has 2 atom stereocenters. The maximum Gasteiger partial charge on any atom is 0.408 e. The number of benzene rings is 2. The molecular weight excluding hydrogens is 542 g/mol. The lowest BCUT2D eigenvalue weighted by Gasteiger charge is -2.36. The standard InChI is InChI=1S/C35H53N3O5/c1-9-10-11-12-13-17-23-38(29(31(40)37-34(3,4)5)27-22-18-19-25(2)30(27)39)32(41)28(24-26-20-15-14-16-21-26)36-33(42)43-35(6,7)8/h14-16,18-22,28-29,39H,9-13,17,23-24H2,1-8H3,(H,36,42)(H,37,40). The van der Waals surface area contributed by atoms with E-state index in [-0.39, 0.29) is 18.7 Å². The Bertz CT molecular complexity index is 1180. The van der Waals surface area contributed by atoms with Crippen molar-refractivity contribution >= 4 is 17.9 Å². The quantitative estimate of drug-likeness (QED) is 0.204. The van der Waals surface area contributed by atoms with Gasteiger partial charge in [0.25, 0.3) is 0 Å². The minimum atomic E-state index is -1.11. The van der Waals surface area contributed by atoms with Gasteiger partial charge in [0.2, 0.25) is 11.8 Å². The van der Waals surface area contributed by atoms with E-state index in [1.54, 1.807) is 45.9 Å². The largest absolute Gasteiger partial charge is 0.507 e. The van der Waals surface area contributed by atoms with Crippen molar-refractivity contribution < 1.29 is 24.2 Å². The average molecular weight is 596 g/mol. The van der Waals surface area contributed by atoms with Crippen LogP contribution in [-0.4, -0.2) is 51.6 Å². The van der Waals surface area contributed by atoms with Crippen LogP contribution in [0.1, 0.15) is 110 Å². The first-order valence-corrected chi connectivity index (χ1v) is 15.6. The van der Waals surface area contributed by atoms with Crippen LogP contribution in [-0.2, 0) is 20.7 Å². The van der Waals surface area contributed by atoms with Gasteiger partial charge in [-0.25, -0.2) is 4.79 Å². The number of aromatic hydroxyl groups is 1. The second kappa shape index (κ2) is 16.3. The van der Waals surface area contributed by atoms with E-state index in [0.717, 1.165) is 37.7 Å². The third-order valence-corrected chi connectivity index (χ3v) is 6.93. The number of ether oxygens (including phenoxy) is 1. The van der Waals surface area contributed by atoms with Crippen LogP contribution in [0, 0.1) is 6.92 Å². The van der Waals surface area contributed by atoms with E-state index in [4.69, 9.17) is 4.74 Å². The lowest BCUT2D eigenvalue weighted by molar-refractivity contribution is -0.143. The summed E-state index contributed by atoms with van der Waals surface area (Å²) < 4.78 is 5.53. The number of aryl methyl sites for hydroxylation is 1. The smallest absolute Gasteiger partial charge is 0.408 e. The molecule has 2 rings (SSSR count). The Balaban J connectivity index is 2.59. The second-order valence-electron chi connectivity index (χ2n) is 13.3. The zero-order valence-corrected chi connectivity index (χ0v) is 27.5. The van der Waals surface area contributed by atoms with E-state index < -0.39 is 41.1 Å². The Morgan fingerprint density at radius 3 is 2.12 bits per heavy atom. The highest BCUT2D eigenvalue weighted by atomic mass is 16.6. The molecule has 0 aromatic heterocycles. The first-order chi connectivity index (χ1) is 20.1. The molecule has 0 saturated carbocycles. The third kappa shape index (κ3) is 12.3. The van der Waals surface area contributed by atoms with Gasteiger partial charge in [-0.15, -0.1) is 0 Å². The molecule has 2 aromatic rings. The number of alkyl carbamates (subject to hydrolysis) is 1. The number of nitrogens with zero attached hydrogens (tertiary/aromatic N) is 1. The second-order valence-corrected chi connectivity index (χ2v) is 13.3. The molecule has 0 aliphatic rings. The van der Waals surface area contributed by atoms with Crippen LogP contribution in [0.4, 0.5) is 4.79 Å². The molecule has 0 saturated heterocycles. The zero-order chi connectivity index (χ0) is 32.2. The van der Waals surface area contributed by atoms with Gasteiger partial charge in [0.1, 0.15) is 23.4 Å². The van der Waals surface area contributed by atoms with Crippen molar-refractivity contribution in [2.45, 2.75) is 124 Å². The maximum atomic E-state index is 14.6. The Kier molecular flexibility index (Phi) is 13.5. The van der Waals surface area contributed by atoms with Crippen LogP contribution in [0.15, 0.2) is 48.5 Å². The van der Waals surface area contributed by atoms with Crippen LogP contribution >= 0.6 is 0 Å². The molecule has 8 nitrogen and oxygen atoms in total. The predicted molar refractivity (Wildman–Crippen MR) is 172 cm³/mol. The molecular formula is C35H53N3O5. The van der Waals surface area contributed by atoms with E-state index in [1.165, 1.54) is 4.90 Å². The number of carbonyl (C=O) groups excluding carboxylic acids is 3. The number of hydrogen-bond acceptors (Lipinski definition) is 5. The molecule has 0 fully saturated rings. The number of phenolic OH excluding ortho intramolecular Hbond substituents is 1. The first kappa shape index (κ1) is 35.6. The molecule has 238 valence electrons. The third-order valence-electron chi connectivity index (χ3n) is 6.93. The van der Waals surface area contributed by atoms with Crippen LogP contribution < -0.4 is 10.6 Å². The predicted octanol–water partition coefficient (Wildman–Crippen LogP) is 6.98. The number of hydrogen-bond donors (Lipinski definition) is 3. The number of rotatable bonds is 14. The van der Waals surface area contributed by atoms with E-state index >= 15 is 0 Å². The van der Waals surface area contributed by atoms with Crippen LogP contribution in [0.5, 0.6) is 5.75 Å². The van der Waals surface area contributed by atoms with Gasteiger partial charge in [-0.1, -0.05) is 87.6 Å². The summed E-state index contributed by atoms with van der Waals surface area (Å²) in [5, 5.41) is 17.0. The van der Waals surface area contributed by atoms with Gasteiger partial charge < -0.3 is 25.4 Å². The van der Waals surface area contributed by atoms with Crippen molar-refractivity contribution in [2.75, 3.05) is 6.54 Å². The molecule has 3 amide bonds. The molecule has 0 aliphatic heterocycles. The van der Waals surface area contributed by atoms with Crippen LogP contribution in [0.25, 0.3) is 0 Å². The van der Waals surface area contributed by atoms with E-state index in [0.29, 0.717) is 17.5 Å². The molecule has 2 unspecified atom stereocenters. The number of amides is 3. The number of nitrogens with one attached hydrogen (secondary N) is 2. The lowest BCUT2D eigenvalue weighted by atomic mass is 9.96. The SMILES string of the molecule is CCCCCCCCN(C(=O)C(Cc1ccccc1)NC(=O)OC(C)(C)C)C(C(=O)NC(C)(C)C)c1cccc(C)c1O. The zero-order valence-electron chi connectivity index (χ0n) is 27.5. The Morgan fingerprint density at radius 2 is 1.51 bits per heavy atom. The van der Waals surface area contributed by atoms with Gasteiger partial charge in [0.15, 0.2) is 0 Å². The minimum Gasteiger partial charge on any atom is -0.507 e. The summed E-state index contributed by atoms with van der Waals surface area (Å²) in [4.78, 5) is 43.1. The first-order valence-electron chi connectivity index (χ1n) is 15.6. The highest BCUT2D eigenvalue weighted by Crippen LogP contribution is 2.33. The number of para-hydroxylation sites is 1. The fraction of sp³-hybridized carbons (Fsp3) is 0.571. The van der Waals surface area contributed by atoms with Crippen molar-refractivity contribution in [3.63, 3.8) is 0 Å². The van der Waals surface area contributed by atoms with Crippen LogP contribution in [0.2, 0.25) is 0 Å². The summed E-state index contributed by atoms with van der Waals surface area (Å²) in [7, 11) is 0. The minimum absolute atomic E-state index is 0.0305. The van der Waals surface area contributed by atoms with Crippen molar-refractivity contribution in [1.29, 1.82) is 0 Å². The maximum absolute atomic E-state index is 14.6. The fourth-order valence-electron chi connectivity index (χ4n) is 4.92.